The normalized spacial score (nSPS) is 22.9. The van der Waals surface area contributed by atoms with Gasteiger partial charge in [0.1, 0.15) is 5.78 Å². The maximum absolute atomic E-state index is 11.3. The summed E-state index contributed by atoms with van der Waals surface area (Å²) < 4.78 is 22.5. The molecule has 0 unspecified atom stereocenters. The second-order valence-corrected chi connectivity index (χ2v) is 5.98. The lowest BCUT2D eigenvalue weighted by Crippen LogP contribution is -2.32. The van der Waals surface area contributed by atoms with Crippen LogP contribution in [0, 0.1) is 0 Å². The summed E-state index contributed by atoms with van der Waals surface area (Å²) in [7, 11) is -2.85. The number of carbonyl (C=O) groups is 1. The van der Waals surface area contributed by atoms with Gasteiger partial charge in [-0.3, -0.25) is 9.69 Å². The first-order valence-electron chi connectivity index (χ1n) is 4.98. The lowest BCUT2D eigenvalue weighted by molar-refractivity contribution is -0.119. The standard InChI is InChI=1S/C9H17NO3S/c1-2-9(11)8-10-4-3-6-14(12,13)7-5-10/h2-8H2,1H3. The van der Waals surface area contributed by atoms with Crippen LogP contribution >= 0.6 is 0 Å². The molecule has 14 heavy (non-hydrogen) atoms. The molecule has 1 rings (SSSR count). The SMILES string of the molecule is CCC(=O)CN1CCCS(=O)(=O)CC1. The van der Waals surface area contributed by atoms with Crippen molar-refractivity contribution in [3.8, 4) is 0 Å². The Balaban J connectivity index is 2.46. The summed E-state index contributed by atoms with van der Waals surface area (Å²) in [4.78, 5) is 13.1. The fourth-order valence-electron chi connectivity index (χ4n) is 1.51. The lowest BCUT2D eigenvalue weighted by Gasteiger charge is -2.17. The van der Waals surface area contributed by atoms with Gasteiger partial charge in [0.15, 0.2) is 9.84 Å². The average Bonchev–Trinajstić information content (AvgIpc) is 2.28. The van der Waals surface area contributed by atoms with Crippen LogP contribution in [0.5, 0.6) is 0 Å². The molecular weight excluding hydrogens is 202 g/mol. The third-order valence-electron chi connectivity index (χ3n) is 2.44. The zero-order valence-corrected chi connectivity index (χ0v) is 9.35. The van der Waals surface area contributed by atoms with E-state index in [9.17, 15) is 13.2 Å². The molecule has 1 saturated heterocycles. The van der Waals surface area contributed by atoms with Gasteiger partial charge in [0.25, 0.3) is 0 Å². The minimum absolute atomic E-state index is 0.185. The number of ketones is 1. The summed E-state index contributed by atoms with van der Waals surface area (Å²) in [5, 5.41) is 0. The van der Waals surface area contributed by atoms with Gasteiger partial charge in [0.05, 0.1) is 18.1 Å². The number of nitrogens with zero attached hydrogens (tertiary/aromatic N) is 1. The van der Waals surface area contributed by atoms with Gasteiger partial charge in [-0.25, -0.2) is 8.42 Å². The van der Waals surface area contributed by atoms with Crippen LogP contribution in [0.4, 0.5) is 0 Å². The first kappa shape index (κ1) is 11.7. The van der Waals surface area contributed by atoms with Gasteiger partial charge in [-0.05, 0) is 13.0 Å². The molecule has 0 radical (unpaired) electrons. The van der Waals surface area contributed by atoms with Gasteiger partial charge in [-0.15, -0.1) is 0 Å². The minimum atomic E-state index is -2.85. The zero-order chi connectivity index (χ0) is 10.6. The van der Waals surface area contributed by atoms with Crippen LogP contribution in [-0.2, 0) is 14.6 Å². The molecule has 0 aromatic carbocycles. The Labute approximate surface area is 85.2 Å². The predicted octanol–water partition coefficient (Wildman–Crippen LogP) is 0.0860. The number of carbonyl (C=O) groups excluding carboxylic acids is 1. The Morgan fingerprint density at radius 3 is 2.64 bits per heavy atom. The Morgan fingerprint density at radius 1 is 1.29 bits per heavy atom. The zero-order valence-electron chi connectivity index (χ0n) is 8.53. The van der Waals surface area contributed by atoms with Gasteiger partial charge in [0.2, 0.25) is 0 Å². The van der Waals surface area contributed by atoms with E-state index in [1.807, 2.05) is 11.8 Å². The maximum Gasteiger partial charge on any atom is 0.151 e. The van der Waals surface area contributed by atoms with Crippen molar-refractivity contribution in [1.29, 1.82) is 0 Å². The summed E-state index contributed by atoms with van der Waals surface area (Å²) in [6.45, 7) is 3.47. The summed E-state index contributed by atoms with van der Waals surface area (Å²) in [5.74, 6) is 0.651. The van der Waals surface area contributed by atoms with E-state index in [-0.39, 0.29) is 17.3 Å². The predicted molar refractivity (Wildman–Crippen MR) is 55.0 cm³/mol. The Hall–Kier alpha value is -0.420. The summed E-state index contributed by atoms with van der Waals surface area (Å²) in [6.07, 6.45) is 1.18. The molecule has 0 aromatic heterocycles. The number of hydrogen-bond donors (Lipinski definition) is 0. The van der Waals surface area contributed by atoms with Crippen LogP contribution in [0.15, 0.2) is 0 Å². The molecule has 0 N–H and O–H groups in total. The number of Topliss-reactive ketones (excluding diaryl/α,β-unsaturated/α-hetero) is 1. The first-order chi connectivity index (χ1) is 6.53. The Morgan fingerprint density at radius 2 is 2.00 bits per heavy atom. The van der Waals surface area contributed by atoms with Crippen LogP contribution in [0.1, 0.15) is 19.8 Å². The molecule has 82 valence electrons. The fourth-order valence-corrected chi connectivity index (χ4v) is 2.82. The molecule has 1 aliphatic rings. The second kappa shape index (κ2) is 4.89. The lowest BCUT2D eigenvalue weighted by atomic mass is 10.3. The van der Waals surface area contributed by atoms with E-state index in [1.54, 1.807) is 0 Å². The van der Waals surface area contributed by atoms with Crippen molar-refractivity contribution >= 4 is 15.6 Å². The van der Waals surface area contributed by atoms with Gasteiger partial charge in [-0.1, -0.05) is 6.92 Å². The summed E-state index contributed by atoms with van der Waals surface area (Å²) >= 11 is 0. The molecule has 1 fully saturated rings. The highest BCUT2D eigenvalue weighted by Crippen LogP contribution is 2.04. The van der Waals surface area contributed by atoms with E-state index in [0.717, 1.165) is 6.54 Å². The molecule has 0 bridgehead atoms. The molecule has 4 nitrogen and oxygen atoms in total. The summed E-state index contributed by atoms with van der Waals surface area (Å²) in [6, 6.07) is 0. The van der Waals surface area contributed by atoms with Gasteiger partial charge >= 0.3 is 0 Å². The van der Waals surface area contributed by atoms with Gasteiger partial charge in [0, 0.05) is 13.0 Å². The molecule has 0 aliphatic carbocycles. The van der Waals surface area contributed by atoms with E-state index in [4.69, 9.17) is 0 Å². The molecule has 1 aliphatic heterocycles. The van der Waals surface area contributed by atoms with E-state index < -0.39 is 9.84 Å². The minimum Gasteiger partial charge on any atom is -0.298 e. The van der Waals surface area contributed by atoms with E-state index in [2.05, 4.69) is 0 Å². The Bertz CT molecular complexity index is 297. The fraction of sp³-hybridized carbons (Fsp3) is 0.889. The van der Waals surface area contributed by atoms with Crippen molar-refractivity contribution in [1.82, 2.24) is 4.90 Å². The topological polar surface area (TPSA) is 54.5 Å². The van der Waals surface area contributed by atoms with E-state index >= 15 is 0 Å². The second-order valence-electron chi connectivity index (χ2n) is 3.67. The van der Waals surface area contributed by atoms with Crippen molar-refractivity contribution < 1.29 is 13.2 Å². The van der Waals surface area contributed by atoms with Crippen molar-refractivity contribution in [2.45, 2.75) is 19.8 Å². The highest BCUT2D eigenvalue weighted by Gasteiger charge is 2.19. The molecule has 1 heterocycles. The molecule has 0 atom stereocenters. The average molecular weight is 219 g/mol. The summed E-state index contributed by atoms with van der Waals surface area (Å²) in [5.41, 5.74) is 0. The van der Waals surface area contributed by atoms with Gasteiger partial charge < -0.3 is 0 Å². The maximum atomic E-state index is 11.3. The first-order valence-corrected chi connectivity index (χ1v) is 6.80. The third kappa shape index (κ3) is 3.75. The molecular formula is C9H17NO3S. The highest BCUT2D eigenvalue weighted by molar-refractivity contribution is 7.91. The third-order valence-corrected chi connectivity index (χ3v) is 4.16. The van der Waals surface area contributed by atoms with Crippen LogP contribution in [0.2, 0.25) is 0 Å². The van der Waals surface area contributed by atoms with Crippen LogP contribution in [0.25, 0.3) is 0 Å². The smallest absolute Gasteiger partial charge is 0.151 e. The number of rotatable bonds is 3. The monoisotopic (exact) mass is 219 g/mol. The molecule has 0 aromatic rings. The van der Waals surface area contributed by atoms with Crippen molar-refractivity contribution in [3.63, 3.8) is 0 Å². The van der Waals surface area contributed by atoms with Crippen molar-refractivity contribution in [2.75, 3.05) is 31.1 Å². The molecule has 5 heteroatoms. The van der Waals surface area contributed by atoms with E-state index in [0.29, 0.717) is 25.9 Å². The van der Waals surface area contributed by atoms with Crippen LogP contribution in [0.3, 0.4) is 0 Å². The van der Waals surface area contributed by atoms with Crippen molar-refractivity contribution in [2.24, 2.45) is 0 Å². The van der Waals surface area contributed by atoms with Crippen LogP contribution in [-0.4, -0.2) is 50.2 Å². The van der Waals surface area contributed by atoms with Crippen LogP contribution < -0.4 is 0 Å². The Kier molecular flexibility index (Phi) is 4.07. The van der Waals surface area contributed by atoms with E-state index in [1.165, 1.54) is 0 Å². The number of sulfone groups is 1. The largest absolute Gasteiger partial charge is 0.298 e. The quantitative estimate of drug-likeness (QED) is 0.675. The number of hydrogen-bond acceptors (Lipinski definition) is 4. The van der Waals surface area contributed by atoms with Crippen molar-refractivity contribution in [3.05, 3.63) is 0 Å². The van der Waals surface area contributed by atoms with Gasteiger partial charge in [-0.2, -0.15) is 0 Å². The molecule has 0 amide bonds. The highest BCUT2D eigenvalue weighted by atomic mass is 32.2. The molecule has 0 spiro atoms. The molecule has 0 saturated carbocycles.